The first-order chi connectivity index (χ1) is 10.1. The van der Waals surface area contributed by atoms with Crippen LogP contribution in [0.25, 0.3) is 0 Å². The number of methoxy groups -OCH3 is 1. The highest BCUT2D eigenvalue weighted by Crippen LogP contribution is 2.43. The molecule has 21 heavy (non-hydrogen) atoms. The van der Waals surface area contributed by atoms with Crippen molar-refractivity contribution in [1.29, 1.82) is 0 Å². The number of carbonyl (C=O) groups is 2. The third kappa shape index (κ3) is 2.31. The summed E-state index contributed by atoms with van der Waals surface area (Å²) in [6, 6.07) is 9.21. The minimum atomic E-state index is -0.798. The van der Waals surface area contributed by atoms with E-state index in [1.165, 1.54) is 7.11 Å². The maximum absolute atomic E-state index is 12.8. The number of hydrogen-bond acceptors (Lipinski definition) is 3. The van der Waals surface area contributed by atoms with Crippen molar-refractivity contribution in [3.8, 4) is 0 Å². The van der Waals surface area contributed by atoms with Gasteiger partial charge in [0, 0.05) is 19.2 Å². The Morgan fingerprint density at radius 3 is 2.57 bits per heavy atom. The summed E-state index contributed by atoms with van der Waals surface area (Å²) in [7, 11) is 1.52. The first kappa shape index (κ1) is 14.1. The first-order valence-electron chi connectivity index (χ1n) is 7.26. The van der Waals surface area contributed by atoms with Crippen LogP contribution in [0.3, 0.4) is 0 Å². The molecule has 2 fully saturated rings. The van der Waals surface area contributed by atoms with Gasteiger partial charge in [0.2, 0.25) is 0 Å². The lowest BCUT2D eigenvalue weighted by Gasteiger charge is -2.27. The monoisotopic (exact) mass is 289 g/mol. The van der Waals surface area contributed by atoms with Crippen molar-refractivity contribution in [2.24, 2.45) is 5.92 Å². The van der Waals surface area contributed by atoms with Gasteiger partial charge in [0.05, 0.1) is 5.92 Å². The number of carbonyl (C=O) groups excluding carboxylic acids is 1. The second-order valence-electron chi connectivity index (χ2n) is 5.75. The van der Waals surface area contributed by atoms with Gasteiger partial charge >= 0.3 is 5.97 Å². The molecule has 0 spiro atoms. The molecule has 1 N–H and O–H groups in total. The number of nitrogens with zero attached hydrogens (tertiary/aromatic N) is 1. The van der Waals surface area contributed by atoms with Gasteiger partial charge in [0.25, 0.3) is 5.91 Å². The van der Waals surface area contributed by atoms with Crippen LogP contribution in [0.5, 0.6) is 0 Å². The second-order valence-corrected chi connectivity index (χ2v) is 5.75. The Morgan fingerprint density at radius 1 is 1.29 bits per heavy atom. The highest BCUT2D eigenvalue weighted by Gasteiger charge is 2.52. The molecule has 0 radical (unpaired) electrons. The number of aliphatic carboxylic acids is 1. The van der Waals surface area contributed by atoms with Crippen molar-refractivity contribution < 1.29 is 19.4 Å². The Hall–Kier alpha value is -1.88. The predicted molar refractivity (Wildman–Crippen MR) is 75.6 cm³/mol. The number of fused-ring (bicyclic) bond motifs is 2. The highest BCUT2D eigenvalue weighted by molar-refractivity contribution is 5.85. The van der Waals surface area contributed by atoms with Crippen LogP contribution in [0.2, 0.25) is 0 Å². The van der Waals surface area contributed by atoms with Crippen LogP contribution < -0.4 is 0 Å². The summed E-state index contributed by atoms with van der Waals surface area (Å²) in [5, 5.41) is 9.28. The fourth-order valence-electron chi connectivity index (χ4n) is 3.74. The van der Waals surface area contributed by atoms with E-state index in [1.54, 1.807) is 4.90 Å². The lowest BCUT2D eigenvalue weighted by atomic mass is 9.89. The van der Waals surface area contributed by atoms with Crippen molar-refractivity contribution in [3.05, 3.63) is 35.9 Å². The van der Waals surface area contributed by atoms with Crippen molar-refractivity contribution in [3.63, 3.8) is 0 Å². The molecule has 1 amide bonds. The van der Waals surface area contributed by atoms with Gasteiger partial charge in [-0.05, 0) is 24.8 Å². The van der Waals surface area contributed by atoms with E-state index in [0.717, 1.165) is 18.4 Å². The summed E-state index contributed by atoms with van der Waals surface area (Å²) in [5.74, 6) is -1.34. The Morgan fingerprint density at radius 2 is 2.00 bits per heavy atom. The lowest BCUT2D eigenvalue weighted by Crippen LogP contribution is -2.41. The molecule has 4 unspecified atom stereocenters. The molecule has 5 heteroatoms. The van der Waals surface area contributed by atoms with Gasteiger partial charge in [-0.2, -0.15) is 0 Å². The minimum absolute atomic E-state index is 0.0463. The van der Waals surface area contributed by atoms with E-state index in [2.05, 4.69) is 0 Å². The molecular formula is C16H19NO4. The van der Waals surface area contributed by atoms with Crippen LogP contribution in [0, 0.1) is 5.92 Å². The lowest BCUT2D eigenvalue weighted by molar-refractivity contribution is -0.146. The van der Waals surface area contributed by atoms with E-state index in [-0.39, 0.29) is 18.0 Å². The molecule has 5 nitrogen and oxygen atoms in total. The molecule has 1 aromatic rings. The Labute approximate surface area is 123 Å². The Bertz CT molecular complexity index is 544. The molecule has 112 valence electrons. The number of carboxylic acids is 1. The van der Waals surface area contributed by atoms with E-state index in [1.807, 2.05) is 30.3 Å². The van der Waals surface area contributed by atoms with Crippen molar-refractivity contribution in [2.45, 2.75) is 37.5 Å². The van der Waals surface area contributed by atoms with Crippen LogP contribution in [-0.4, -0.2) is 41.1 Å². The zero-order valence-corrected chi connectivity index (χ0v) is 11.9. The molecule has 1 aromatic carbocycles. The van der Waals surface area contributed by atoms with Gasteiger partial charge in [-0.3, -0.25) is 9.59 Å². The van der Waals surface area contributed by atoms with E-state index in [0.29, 0.717) is 6.42 Å². The largest absolute Gasteiger partial charge is 0.481 e. The third-order valence-corrected chi connectivity index (χ3v) is 4.67. The number of benzene rings is 1. The number of amides is 1. The van der Waals surface area contributed by atoms with Gasteiger partial charge in [-0.25, -0.2) is 0 Å². The smallest absolute Gasteiger partial charge is 0.308 e. The normalized spacial score (nSPS) is 28.6. The molecule has 2 bridgehead atoms. The van der Waals surface area contributed by atoms with Gasteiger partial charge in [0.1, 0.15) is 0 Å². The Balaban J connectivity index is 1.83. The van der Waals surface area contributed by atoms with Crippen LogP contribution in [0.4, 0.5) is 0 Å². The van der Waals surface area contributed by atoms with Crippen LogP contribution in [0.15, 0.2) is 30.3 Å². The molecule has 2 heterocycles. The number of hydrogen-bond donors (Lipinski definition) is 1. The van der Waals surface area contributed by atoms with Crippen LogP contribution in [-0.2, 0) is 14.3 Å². The molecule has 0 aromatic heterocycles. The average Bonchev–Trinajstić information content (AvgIpc) is 3.06. The van der Waals surface area contributed by atoms with Crippen molar-refractivity contribution in [1.82, 2.24) is 4.90 Å². The van der Waals surface area contributed by atoms with Crippen molar-refractivity contribution in [2.75, 3.05) is 7.11 Å². The fraction of sp³-hybridized carbons (Fsp3) is 0.500. The first-order valence-corrected chi connectivity index (χ1v) is 7.26. The summed E-state index contributed by atoms with van der Waals surface area (Å²) in [6.45, 7) is 0. The maximum Gasteiger partial charge on any atom is 0.308 e. The van der Waals surface area contributed by atoms with Gasteiger partial charge in [-0.1, -0.05) is 30.3 Å². The van der Waals surface area contributed by atoms with E-state index < -0.39 is 18.0 Å². The highest BCUT2D eigenvalue weighted by atomic mass is 16.5. The molecule has 3 rings (SSSR count). The molecule has 2 aliphatic heterocycles. The molecule has 2 aliphatic rings. The zero-order valence-electron chi connectivity index (χ0n) is 11.9. The Kier molecular flexibility index (Phi) is 3.68. The number of rotatable bonds is 4. The number of ether oxygens (including phenoxy) is 1. The minimum Gasteiger partial charge on any atom is -0.481 e. The standard InChI is InChI=1S/C16H19NO4/c1-21-14(10-5-3-2-4-6-10)15(18)17-11-7-8-13(17)12(9-11)16(19)20/h2-6,11-14H,7-9H2,1H3,(H,19,20). The SMILES string of the molecule is COC(C(=O)N1C2CCC1C(C(=O)O)C2)c1ccccc1. The predicted octanol–water partition coefficient (Wildman–Crippen LogP) is 1.84. The quantitative estimate of drug-likeness (QED) is 0.918. The zero-order chi connectivity index (χ0) is 15.0. The van der Waals surface area contributed by atoms with Gasteiger partial charge < -0.3 is 14.7 Å². The van der Waals surface area contributed by atoms with Crippen LogP contribution >= 0.6 is 0 Å². The summed E-state index contributed by atoms with van der Waals surface area (Å²) in [6.07, 6.45) is 1.59. The molecular weight excluding hydrogens is 270 g/mol. The van der Waals surface area contributed by atoms with Gasteiger partial charge in [0.15, 0.2) is 6.10 Å². The summed E-state index contributed by atoms with van der Waals surface area (Å²) >= 11 is 0. The fourth-order valence-corrected chi connectivity index (χ4v) is 3.74. The number of carboxylic acid groups (broad SMARTS) is 1. The van der Waals surface area contributed by atoms with E-state index in [9.17, 15) is 14.7 Å². The maximum atomic E-state index is 12.8. The topological polar surface area (TPSA) is 66.8 Å². The third-order valence-electron chi connectivity index (χ3n) is 4.67. The van der Waals surface area contributed by atoms with Crippen LogP contribution in [0.1, 0.15) is 30.9 Å². The molecule has 0 saturated carbocycles. The molecule has 4 atom stereocenters. The summed E-state index contributed by atoms with van der Waals surface area (Å²) in [5.41, 5.74) is 0.808. The molecule has 2 saturated heterocycles. The van der Waals surface area contributed by atoms with Crippen molar-refractivity contribution >= 4 is 11.9 Å². The average molecular weight is 289 g/mol. The van der Waals surface area contributed by atoms with E-state index >= 15 is 0 Å². The molecule has 0 aliphatic carbocycles. The summed E-state index contributed by atoms with van der Waals surface area (Å²) in [4.78, 5) is 25.9. The van der Waals surface area contributed by atoms with E-state index in [4.69, 9.17) is 4.74 Å². The summed E-state index contributed by atoms with van der Waals surface area (Å²) < 4.78 is 5.39. The second kappa shape index (κ2) is 5.48. The van der Waals surface area contributed by atoms with Gasteiger partial charge in [-0.15, -0.1) is 0 Å².